The first-order valence-electron chi connectivity index (χ1n) is 6.95. The van der Waals surface area contributed by atoms with E-state index < -0.39 is 36.0 Å². The number of aliphatic hydroxyl groups excluding tert-OH is 2. The van der Waals surface area contributed by atoms with Gasteiger partial charge < -0.3 is 10.2 Å². The van der Waals surface area contributed by atoms with Gasteiger partial charge in [0.1, 0.15) is 0 Å². The van der Waals surface area contributed by atoms with Crippen LogP contribution in [0.25, 0.3) is 0 Å². The maximum atomic E-state index is 12.0. The zero-order valence-corrected chi connectivity index (χ0v) is 13.2. The molecule has 0 spiro atoms. The van der Waals surface area contributed by atoms with Crippen LogP contribution in [0.3, 0.4) is 0 Å². The molecule has 0 fully saturated rings. The molecule has 6 heteroatoms. The van der Waals surface area contributed by atoms with Crippen LogP contribution in [-0.4, -0.2) is 34.9 Å². The molecule has 0 aliphatic rings. The van der Waals surface area contributed by atoms with Gasteiger partial charge in [-0.2, -0.15) is 0 Å². The second-order valence-electron chi connectivity index (χ2n) is 6.18. The fraction of sp³-hybridized carbons (Fsp3) is 0.500. The number of aryl methyl sites for hydroxylation is 1. The van der Waals surface area contributed by atoms with Crippen molar-refractivity contribution in [3.8, 4) is 0 Å². The Labute approximate surface area is 129 Å². The standard InChI is InChI=1S/C16H22O6/c1-10-7-5-6-8-11(10)14(19)21-22-15(20)13(12(18)9-17)16(2,3)4/h5-8,12-13,17-18H,9H2,1-4H3. The summed E-state index contributed by atoms with van der Waals surface area (Å²) >= 11 is 0. The average molecular weight is 310 g/mol. The summed E-state index contributed by atoms with van der Waals surface area (Å²) in [4.78, 5) is 33.0. The third kappa shape index (κ3) is 4.54. The van der Waals surface area contributed by atoms with Crippen molar-refractivity contribution in [2.45, 2.75) is 33.8 Å². The Hall–Kier alpha value is -1.92. The van der Waals surface area contributed by atoms with Crippen LogP contribution in [0.1, 0.15) is 36.7 Å². The van der Waals surface area contributed by atoms with Gasteiger partial charge in [-0.3, -0.25) is 0 Å². The third-order valence-corrected chi connectivity index (χ3v) is 3.32. The van der Waals surface area contributed by atoms with Crippen LogP contribution in [0.2, 0.25) is 0 Å². The molecule has 0 radical (unpaired) electrons. The molecule has 0 heterocycles. The molecule has 0 aromatic heterocycles. The Bertz CT molecular complexity index is 532. The molecule has 0 amide bonds. The topological polar surface area (TPSA) is 93.1 Å². The summed E-state index contributed by atoms with van der Waals surface area (Å²) in [5, 5.41) is 18.8. The molecule has 1 aromatic rings. The number of benzene rings is 1. The first-order valence-corrected chi connectivity index (χ1v) is 6.95. The van der Waals surface area contributed by atoms with Crippen molar-refractivity contribution in [1.82, 2.24) is 0 Å². The predicted molar refractivity (Wildman–Crippen MR) is 78.7 cm³/mol. The van der Waals surface area contributed by atoms with Crippen LogP contribution >= 0.6 is 0 Å². The SMILES string of the molecule is Cc1ccccc1C(=O)OOC(=O)C(C(O)CO)C(C)(C)C. The van der Waals surface area contributed by atoms with Gasteiger partial charge in [-0.05, 0) is 24.0 Å². The lowest BCUT2D eigenvalue weighted by Crippen LogP contribution is -2.41. The summed E-state index contributed by atoms with van der Waals surface area (Å²) in [6.45, 7) is 6.26. The van der Waals surface area contributed by atoms with E-state index in [0.717, 1.165) is 0 Å². The van der Waals surface area contributed by atoms with Crippen LogP contribution in [0.5, 0.6) is 0 Å². The molecular formula is C16H22O6. The van der Waals surface area contributed by atoms with E-state index >= 15 is 0 Å². The van der Waals surface area contributed by atoms with E-state index in [1.807, 2.05) is 0 Å². The van der Waals surface area contributed by atoms with Crippen LogP contribution in [0, 0.1) is 18.3 Å². The second kappa shape index (κ2) is 7.38. The second-order valence-corrected chi connectivity index (χ2v) is 6.18. The monoisotopic (exact) mass is 310 g/mol. The Morgan fingerprint density at radius 3 is 2.27 bits per heavy atom. The van der Waals surface area contributed by atoms with Crippen molar-refractivity contribution in [2.75, 3.05) is 6.61 Å². The van der Waals surface area contributed by atoms with Gasteiger partial charge in [0.25, 0.3) is 0 Å². The molecule has 0 bridgehead atoms. The molecule has 0 saturated heterocycles. The van der Waals surface area contributed by atoms with E-state index in [-0.39, 0.29) is 5.56 Å². The molecule has 0 aliphatic heterocycles. The lowest BCUT2D eigenvalue weighted by Gasteiger charge is -2.30. The van der Waals surface area contributed by atoms with Gasteiger partial charge in [0.2, 0.25) is 0 Å². The van der Waals surface area contributed by atoms with E-state index in [1.54, 1.807) is 52.0 Å². The molecule has 1 rings (SSSR count). The normalized spacial score (nSPS) is 14.1. The van der Waals surface area contributed by atoms with Crippen molar-refractivity contribution in [2.24, 2.45) is 11.3 Å². The highest BCUT2D eigenvalue weighted by Gasteiger charge is 2.39. The Balaban J connectivity index is 2.76. The molecule has 2 unspecified atom stereocenters. The van der Waals surface area contributed by atoms with Gasteiger partial charge >= 0.3 is 11.9 Å². The van der Waals surface area contributed by atoms with Gasteiger partial charge in [0, 0.05) is 0 Å². The molecule has 122 valence electrons. The zero-order valence-electron chi connectivity index (χ0n) is 13.2. The first kappa shape index (κ1) is 18.1. The summed E-state index contributed by atoms with van der Waals surface area (Å²) in [6, 6.07) is 6.71. The molecule has 6 nitrogen and oxygen atoms in total. The third-order valence-electron chi connectivity index (χ3n) is 3.32. The number of carbonyl (C=O) groups is 2. The molecular weight excluding hydrogens is 288 g/mol. The Kier molecular flexibility index (Phi) is 6.08. The number of carbonyl (C=O) groups excluding carboxylic acids is 2. The van der Waals surface area contributed by atoms with Crippen molar-refractivity contribution in [1.29, 1.82) is 0 Å². The van der Waals surface area contributed by atoms with E-state index in [2.05, 4.69) is 9.78 Å². The fourth-order valence-corrected chi connectivity index (χ4v) is 2.17. The van der Waals surface area contributed by atoms with Crippen LogP contribution in [0.15, 0.2) is 24.3 Å². The van der Waals surface area contributed by atoms with Crippen molar-refractivity contribution < 1.29 is 29.6 Å². The number of rotatable bonds is 4. The molecule has 2 N–H and O–H groups in total. The van der Waals surface area contributed by atoms with Gasteiger partial charge in [-0.25, -0.2) is 19.4 Å². The van der Waals surface area contributed by atoms with Crippen LogP contribution < -0.4 is 0 Å². The first-order chi connectivity index (χ1) is 10.2. The highest BCUT2D eigenvalue weighted by Crippen LogP contribution is 2.30. The number of hydrogen-bond donors (Lipinski definition) is 2. The minimum atomic E-state index is -1.30. The van der Waals surface area contributed by atoms with E-state index in [4.69, 9.17) is 5.11 Å². The van der Waals surface area contributed by atoms with Crippen molar-refractivity contribution >= 4 is 11.9 Å². The highest BCUT2D eigenvalue weighted by atomic mass is 17.2. The Morgan fingerprint density at radius 2 is 1.77 bits per heavy atom. The zero-order chi connectivity index (χ0) is 16.9. The quantitative estimate of drug-likeness (QED) is 0.648. The highest BCUT2D eigenvalue weighted by molar-refractivity contribution is 5.91. The van der Waals surface area contributed by atoms with E-state index in [0.29, 0.717) is 5.56 Å². The molecule has 2 atom stereocenters. The summed E-state index contributed by atoms with van der Waals surface area (Å²) in [5.41, 5.74) is 0.297. The fourth-order valence-electron chi connectivity index (χ4n) is 2.17. The lowest BCUT2D eigenvalue weighted by molar-refractivity contribution is -0.245. The van der Waals surface area contributed by atoms with Crippen molar-refractivity contribution in [3.63, 3.8) is 0 Å². The van der Waals surface area contributed by atoms with Gasteiger partial charge in [-0.15, -0.1) is 0 Å². The number of hydrogen-bond acceptors (Lipinski definition) is 6. The van der Waals surface area contributed by atoms with E-state index in [1.165, 1.54) is 0 Å². The summed E-state index contributed by atoms with van der Waals surface area (Å²) in [5.74, 6) is -2.73. The van der Waals surface area contributed by atoms with Crippen LogP contribution in [0.4, 0.5) is 0 Å². The molecule has 1 aromatic carbocycles. The minimum Gasteiger partial charge on any atom is -0.394 e. The smallest absolute Gasteiger partial charge is 0.386 e. The van der Waals surface area contributed by atoms with Crippen molar-refractivity contribution in [3.05, 3.63) is 35.4 Å². The summed E-state index contributed by atoms with van der Waals surface area (Å²) < 4.78 is 0. The molecule has 0 aliphatic carbocycles. The predicted octanol–water partition coefficient (Wildman–Crippen LogP) is 1.63. The maximum absolute atomic E-state index is 12.0. The maximum Gasteiger partial charge on any atom is 0.386 e. The molecule has 0 saturated carbocycles. The van der Waals surface area contributed by atoms with Gasteiger partial charge in [0.05, 0.1) is 24.2 Å². The molecule has 22 heavy (non-hydrogen) atoms. The van der Waals surface area contributed by atoms with Gasteiger partial charge in [0.15, 0.2) is 0 Å². The number of aliphatic hydroxyl groups is 2. The summed E-state index contributed by atoms with van der Waals surface area (Å²) in [6.07, 6.45) is -1.30. The largest absolute Gasteiger partial charge is 0.394 e. The Morgan fingerprint density at radius 1 is 1.18 bits per heavy atom. The van der Waals surface area contributed by atoms with Gasteiger partial charge in [-0.1, -0.05) is 39.0 Å². The summed E-state index contributed by atoms with van der Waals surface area (Å²) in [7, 11) is 0. The average Bonchev–Trinajstić information content (AvgIpc) is 2.43. The minimum absolute atomic E-state index is 0.283. The lowest BCUT2D eigenvalue weighted by atomic mass is 9.77. The van der Waals surface area contributed by atoms with E-state index in [9.17, 15) is 14.7 Å². The van der Waals surface area contributed by atoms with Crippen LogP contribution in [-0.2, 0) is 14.6 Å².